The Kier molecular flexibility index (Phi) is 25.4. The number of nitrogens with one attached hydrogen (secondary N) is 5. The van der Waals surface area contributed by atoms with E-state index >= 15 is 0 Å². The van der Waals surface area contributed by atoms with Gasteiger partial charge < -0.3 is 65.0 Å². The van der Waals surface area contributed by atoms with Gasteiger partial charge in [0.15, 0.2) is 0 Å². The highest BCUT2D eigenvalue weighted by Gasteiger charge is 2.63. The van der Waals surface area contributed by atoms with Gasteiger partial charge >= 0.3 is 42.0 Å². The number of amides is 5. The fraction of sp³-hybridized carbons (Fsp3) is 0.581. The maximum absolute atomic E-state index is 14.1. The van der Waals surface area contributed by atoms with Gasteiger partial charge in [0.05, 0.1) is 47.8 Å². The van der Waals surface area contributed by atoms with Crippen molar-refractivity contribution in [1.82, 2.24) is 31.5 Å². The minimum absolute atomic E-state index is 0. The van der Waals surface area contributed by atoms with Crippen LogP contribution in [-0.2, 0) is 57.2 Å². The summed E-state index contributed by atoms with van der Waals surface area (Å²) in [4.78, 5) is 147. The molecule has 6 aliphatic rings. The quantitative estimate of drug-likeness (QED) is 0.0277. The number of non-ortho nitro benzene ring substituents is 2. The number of nitro groups is 2. The van der Waals surface area contributed by atoms with E-state index in [4.69, 9.17) is 33.5 Å². The highest BCUT2D eigenvalue weighted by atomic mass is 35.5. The molecule has 0 radical (unpaired) electrons. The number of rotatable bonds is 20. The number of halogens is 1. The summed E-state index contributed by atoms with van der Waals surface area (Å²) in [7, 11) is 2.47. The predicted octanol–water partition coefficient (Wildman–Crippen LogP) is 6.33. The van der Waals surface area contributed by atoms with E-state index < -0.39 is 122 Å². The Morgan fingerprint density at radius 1 is 0.620 bits per heavy atom. The lowest BCUT2D eigenvalue weighted by Gasteiger charge is -2.35. The van der Waals surface area contributed by atoms with E-state index in [1.807, 2.05) is 0 Å². The fourth-order valence-electron chi connectivity index (χ4n) is 11.3. The van der Waals surface area contributed by atoms with Crippen molar-refractivity contribution in [2.45, 2.75) is 178 Å². The number of carboxylic acid groups (broad SMARTS) is 1. The van der Waals surface area contributed by atoms with Crippen LogP contribution in [0.1, 0.15) is 139 Å². The van der Waals surface area contributed by atoms with Crippen LogP contribution in [0, 0.1) is 42.9 Å². The first-order valence-electron chi connectivity index (χ1n) is 30.0. The first-order chi connectivity index (χ1) is 42.8. The van der Waals surface area contributed by atoms with E-state index in [-0.39, 0.29) is 97.2 Å². The number of methoxy groups -OCH3 is 2. The Labute approximate surface area is 537 Å². The number of likely N-dealkylation sites (tertiary alicyclic amines) is 1. The maximum atomic E-state index is 14.1. The third kappa shape index (κ3) is 18.9. The molecule has 2 heterocycles. The standard InChI is InChI=1S/C31H40N4O10.C19H21N3O7.C12H21NO4.ClH/c1-6-19-16-31(19,28(39)43-5)33-25(36)23-15-22(44-27(38)18-11-13-20(14-12-18)35(41)42)17-34(23)26(37)24(30(2,3)4)32-29(40)45-21-9-7-8-10-21;1-3-12-9-19(12,18(25)28-2)21-16(23)15-8-14(10-20-15)29-17(24)11-4-6-13(7-5-11)22(26)27;1-12(2,3)9(10(14)15)13-11(16)17-8-6-4-5-7-8;/h6,11-14,19,21-24H,1,7-10,15-17H2,2-5H3,(H,32,40)(H,33,36);3-7,12,14-15,20H,1,8-10H2,2H3,(H,21,23);8-9H,4-7H2,1-3H3,(H,13,16)(H,14,15);1H/t19-,22+,23+,24-,31-;12-,14+,15+,19-;9-;/m111./s1. The van der Waals surface area contributed by atoms with Gasteiger partial charge in [-0.3, -0.25) is 34.6 Å². The first-order valence-corrected chi connectivity index (χ1v) is 30.0. The summed E-state index contributed by atoms with van der Waals surface area (Å²) in [6, 6.07) is 6.06. The second-order valence-corrected chi connectivity index (χ2v) is 25.4. The van der Waals surface area contributed by atoms with Gasteiger partial charge in [-0.05, 0) is 99.3 Å². The van der Waals surface area contributed by atoms with Gasteiger partial charge in [0.2, 0.25) is 17.7 Å². The Balaban J connectivity index is 0.000000278. The molecule has 4 aliphatic carbocycles. The van der Waals surface area contributed by atoms with Crippen molar-refractivity contribution in [1.29, 1.82) is 0 Å². The number of hydrogen-bond donors (Lipinski definition) is 6. The number of hydrogen-bond acceptors (Lipinski definition) is 21. The van der Waals surface area contributed by atoms with Crippen LogP contribution in [-0.4, -0.2) is 167 Å². The molecule has 0 bridgehead atoms. The smallest absolute Gasteiger partial charge is 0.408 e. The molecule has 6 N–H and O–H groups in total. The maximum Gasteiger partial charge on any atom is 0.408 e. The van der Waals surface area contributed by atoms with E-state index in [0.29, 0.717) is 6.42 Å². The van der Waals surface area contributed by atoms with Crippen LogP contribution < -0.4 is 26.6 Å². The van der Waals surface area contributed by atoms with Gasteiger partial charge in [-0.2, -0.15) is 0 Å². The molecule has 2 aromatic carbocycles. The van der Waals surface area contributed by atoms with Crippen molar-refractivity contribution in [3.8, 4) is 0 Å². The monoisotopic (exact) mass is 1310 g/mol. The van der Waals surface area contributed by atoms with E-state index in [1.54, 1.807) is 53.7 Å². The SMILES string of the molecule is C=C[C@@H]1C[C@]1(NC(=O)[C@@H]1C[C@H](OC(=O)c2ccc([N+](=O)[O-])cc2)CN1)C(=O)OC.C=C[C@@H]1C[C@]1(NC(=O)[C@@H]1C[C@H](OC(=O)c2ccc([N+](=O)[O-])cc2)CN1C(=O)[C@@H](NC(=O)OC1CCCC1)C(C)(C)C)C(=O)OC.CC(C)(C)[C@H](NC(=O)OC1CCCC1)C(=O)O.Cl. The molecule has 0 unspecified atom stereocenters. The summed E-state index contributed by atoms with van der Waals surface area (Å²) in [5.74, 6) is -5.83. The van der Waals surface area contributed by atoms with E-state index in [1.165, 1.54) is 67.7 Å². The number of ether oxygens (including phenoxy) is 6. The second-order valence-electron chi connectivity index (χ2n) is 25.4. The molecule has 6 fully saturated rings. The van der Waals surface area contributed by atoms with Gasteiger partial charge in [-0.15, -0.1) is 25.6 Å². The lowest BCUT2D eigenvalue weighted by atomic mass is 9.85. The summed E-state index contributed by atoms with van der Waals surface area (Å²) in [5, 5.41) is 44.3. The Morgan fingerprint density at radius 3 is 1.39 bits per heavy atom. The minimum Gasteiger partial charge on any atom is -0.480 e. The molecule has 2 aromatic rings. The van der Waals surface area contributed by atoms with Crippen LogP contribution in [0.3, 0.4) is 0 Å². The molecule has 504 valence electrons. The third-order valence-corrected chi connectivity index (χ3v) is 16.7. The highest BCUT2D eigenvalue weighted by Crippen LogP contribution is 2.47. The summed E-state index contributed by atoms with van der Waals surface area (Å²) in [6.45, 7) is 18.0. The Bertz CT molecular complexity index is 3090. The van der Waals surface area contributed by atoms with Crippen LogP contribution in [0.4, 0.5) is 21.0 Å². The number of alkyl carbamates (subject to hydrolysis) is 2. The number of esters is 4. The van der Waals surface area contributed by atoms with Crippen molar-refractivity contribution in [2.24, 2.45) is 22.7 Å². The zero-order valence-corrected chi connectivity index (χ0v) is 53.5. The van der Waals surface area contributed by atoms with Crippen molar-refractivity contribution in [3.63, 3.8) is 0 Å². The molecular formula is C62H83ClN8O21. The molecule has 0 spiro atoms. The van der Waals surface area contributed by atoms with Crippen LogP contribution >= 0.6 is 12.4 Å². The predicted molar refractivity (Wildman–Crippen MR) is 329 cm³/mol. The highest BCUT2D eigenvalue weighted by molar-refractivity contribution is 5.98. The average Bonchev–Trinajstić information content (AvgIpc) is 1.59. The lowest BCUT2D eigenvalue weighted by molar-refractivity contribution is -0.385. The number of nitrogens with zero attached hydrogens (tertiary/aromatic N) is 3. The largest absolute Gasteiger partial charge is 0.480 e. The zero-order chi connectivity index (χ0) is 67.3. The molecule has 92 heavy (non-hydrogen) atoms. The fourth-order valence-corrected chi connectivity index (χ4v) is 11.3. The number of aliphatic carboxylic acids is 1. The third-order valence-electron chi connectivity index (χ3n) is 16.7. The lowest BCUT2D eigenvalue weighted by Crippen LogP contribution is -2.59. The van der Waals surface area contributed by atoms with Crippen LogP contribution in [0.2, 0.25) is 0 Å². The van der Waals surface area contributed by atoms with Crippen molar-refractivity contribution in [3.05, 3.63) is 105 Å². The molecular weight excluding hydrogens is 1230 g/mol. The molecule has 29 nitrogen and oxygen atoms in total. The zero-order valence-electron chi connectivity index (χ0n) is 52.7. The normalized spacial score (nSPS) is 24.4. The topological polar surface area (TPSA) is 396 Å². The van der Waals surface area contributed by atoms with Gasteiger partial charge in [0.1, 0.15) is 53.6 Å². The molecule has 8 rings (SSSR count). The van der Waals surface area contributed by atoms with Gasteiger partial charge in [-0.25, -0.2) is 33.6 Å². The minimum atomic E-state index is -1.33. The summed E-state index contributed by atoms with van der Waals surface area (Å²) in [6.07, 6.45) is 8.11. The second kappa shape index (κ2) is 31.5. The van der Waals surface area contributed by atoms with Gasteiger partial charge in [-0.1, -0.05) is 53.7 Å². The van der Waals surface area contributed by atoms with Crippen LogP contribution in [0.5, 0.6) is 0 Å². The molecule has 10 atom stereocenters. The number of carbonyl (C=O) groups excluding carboxylic acids is 9. The molecule has 30 heteroatoms. The number of carboxylic acids is 1. The first kappa shape index (κ1) is 74.0. The van der Waals surface area contributed by atoms with Gasteiger partial charge in [0.25, 0.3) is 11.4 Å². The Morgan fingerprint density at radius 2 is 1.02 bits per heavy atom. The number of benzene rings is 2. The van der Waals surface area contributed by atoms with Gasteiger partial charge in [0, 0.05) is 55.5 Å². The number of nitro benzene ring substituents is 2. The van der Waals surface area contributed by atoms with E-state index in [0.717, 1.165) is 51.4 Å². The molecule has 0 aromatic heterocycles. The average molecular weight is 1310 g/mol. The van der Waals surface area contributed by atoms with Crippen molar-refractivity contribution >= 4 is 83.5 Å². The molecule has 2 saturated heterocycles. The molecule has 5 amide bonds. The summed E-state index contributed by atoms with van der Waals surface area (Å²) >= 11 is 0. The Hall–Kier alpha value is -8.73. The van der Waals surface area contributed by atoms with Crippen LogP contribution in [0.25, 0.3) is 0 Å². The number of carbonyl (C=O) groups is 10. The summed E-state index contributed by atoms with van der Waals surface area (Å²) < 4.78 is 31.4. The van der Waals surface area contributed by atoms with Crippen LogP contribution in [0.15, 0.2) is 73.8 Å². The molecule has 4 saturated carbocycles. The van der Waals surface area contributed by atoms with Crippen molar-refractivity contribution in [2.75, 3.05) is 27.3 Å². The van der Waals surface area contributed by atoms with Crippen molar-refractivity contribution < 1.29 is 91.3 Å². The van der Waals surface area contributed by atoms with E-state index in [2.05, 4.69) is 39.7 Å². The summed E-state index contributed by atoms with van der Waals surface area (Å²) in [5.41, 5.74) is -3.86. The van der Waals surface area contributed by atoms with E-state index in [9.17, 15) is 68.2 Å². The molecule has 2 aliphatic heterocycles.